The van der Waals surface area contributed by atoms with E-state index >= 15 is 0 Å². The highest BCUT2D eigenvalue weighted by Crippen LogP contribution is 2.31. The van der Waals surface area contributed by atoms with Crippen LogP contribution in [0.3, 0.4) is 0 Å². The summed E-state index contributed by atoms with van der Waals surface area (Å²) < 4.78 is 5.64. The van der Waals surface area contributed by atoms with E-state index < -0.39 is 7.05 Å². The summed E-state index contributed by atoms with van der Waals surface area (Å²) in [6.45, 7) is 6.92. The number of carbonyl (C=O) groups excluding carboxylic acids is 1. The molecule has 1 atom stereocenters. The zero-order valence-electron chi connectivity index (χ0n) is 13.7. The summed E-state index contributed by atoms with van der Waals surface area (Å²) in [4.78, 5) is 24.6. The number of halogens is 1. The molecule has 1 fully saturated rings. The molecule has 0 spiro atoms. The van der Waals surface area contributed by atoms with E-state index in [1.165, 1.54) is 7.11 Å². The van der Waals surface area contributed by atoms with E-state index in [1.807, 2.05) is 11.7 Å². The molecule has 2 heterocycles. The number of rotatable bonds is 5. The van der Waals surface area contributed by atoms with Gasteiger partial charge in [-0.05, 0) is 35.3 Å². The Balaban J connectivity index is 2.19. The van der Waals surface area contributed by atoms with Gasteiger partial charge in [-0.15, -0.1) is 0 Å². The van der Waals surface area contributed by atoms with Gasteiger partial charge < -0.3 is 19.5 Å². The Kier molecular flexibility index (Phi) is 6.60. The Bertz CT molecular complexity index is 553. The first-order chi connectivity index (χ1) is 10.9. The Morgan fingerprint density at radius 2 is 2.09 bits per heavy atom. The Morgan fingerprint density at radius 3 is 2.65 bits per heavy atom. The molecular formula is C14H22BIN4O3. The molecule has 1 aromatic rings. The summed E-state index contributed by atoms with van der Waals surface area (Å²) in [7, 11) is 0.970. The lowest BCUT2D eigenvalue weighted by Crippen LogP contribution is -2.52. The van der Waals surface area contributed by atoms with Crippen LogP contribution in [0.5, 0.6) is 0 Å². The zero-order chi connectivity index (χ0) is 17.0. The van der Waals surface area contributed by atoms with Crippen molar-refractivity contribution in [2.45, 2.75) is 26.1 Å². The summed E-state index contributed by atoms with van der Waals surface area (Å²) in [5.41, 5.74) is 0.990. The van der Waals surface area contributed by atoms with Gasteiger partial charge in [0.1, 0.15) is 15.8 Å². The average molecular weight is 432 g/mol. The number of piperazine rings is 1. The Hall–Kier alpha value is -0.935. The number of hydrogen-bond acceptors (Lipinski definition) is 7. The fourth-order valence-electron chi connectivity index (χ4n) is 2.78. The van der Waals surface area contributed by atoms with Crippen LogP contribution >= 0.6 is 22.6 Å². The molecule has 2 rings (SSSR count). The molecule has 0 aromatic carbocycles. The molecule has 0 radical (unpaired) electrons. The minimum Gasteiger partial charge on any atom is -0.469 e. The fraction of sp³-hybridized carbons (Fsp3) is 0.643. The maximum absolute atomic E-state index is 11.6. The van der Waals surface area contributed by atoms with Crippen molar-refractivity contribution in [2.75, 3.05) is 38.2 Å². The molecule has 1 saturated heterocycles. The van der Waals surface area contributed by atoms with Gasteiger partial charge in [0.2, 0.25) is 0 Å². The van der Waals surface area contributed by atoms with Crippen molar-refractivity contribution >= 4 is 41.4 Å². The quantitative estimate of drug-likeness (QED) is 0.322. The van der Waals surface area contributed by atoms with Crippen LogP contribution in [-0.4, -0.2) is 66.1 Å². The molecule has 23 heavy (non-hydrogen) atoms. The van der Waals surface area contributed by atoms with Crippen LogP contribution in [0, 0.1) is 3.70 Å². The van der Waals surface area contributed by atoms with Crippen molar-refractivity contribution in [3.63, 3.8) is 0 Å². The van der Waals surface area contributed by atoms with Crippen molar-refractivity contribution in [3.8, 4) is 0 Å². The van der Waals surface area contributed by atoms with E-state index in [9.17, 15) is 9.82 Å². The van der Waals surface area contributed by atoms with Crippen LogP contribution in [0.25, 0.3) is 0 Å². The molecule has 9 heteroatoms. The molecule has 0 saturated carbocycles. The molecule has 126 valence electrons. The van der Waals surface area contributed by atoms with Gasteiger partial charge in [-0.3, -0.25) is 4.79 Å². The SMILES string of the molecule is COC(=O)C[C@@H](C)c1c(I)ncnc1N1CCN(B(C)O)CC1. The highest BCUT2D eigenvalue weighted by Gasteiger charge is 2.27. The Labute approximate surface area is 150 Å². The molecule has 0 amide bonds. The van der Waals surface area contributed by atoms with E-state index in [0.717, 1.165) is 41.3 Å². The summed E-state index contributed by atoms with van der Waals surface area (Å²) in [5, 5.41) is 9.68. The van der Waals surface area contributed by atoms with Crippen molar-refractivity contribution in [3.05, 3.63) is 15.6 Å². The number of ether oxygens (including phenoxy) is 1. The van der Waals surface area contributed by atoms with Crippen LogP contribution in [-0.2, 0) is 9.53 Å². The average Bonchev–Trinajstić information content (AvgIpc) is 2.54. The maximum atomic E-state index is 11.6. The Morgan fingerprint density at radius 1 is 1.43 bits per heavy atom. The second-order valence-electron chi connectivity index (χ2n) is 5.74. The molecule has 1 aliphatic heterocycles. The number of aromatic nitrogens is 2. The van der Waals surface area contributed by atoms with Gasteiger partial charge in [-0.1, -0.05) is 6.92 Å². The number of esters is 1. The topological polar surface area (TPSA) is 78.8 Å². The van der Waals surface area contributed by atoms with Gasteiger partial charge in [-0.2, -0.15) is 0 Å². The second kappa shape index (κ2) is 8.25. The lowest BCUT2D eigenvalue weighted by atomic mass is 9.84. The van der Waals surface area contributed by atoms with E-state index in [2.05, 4.69) is 37.5 Å². The summed E-state index contributed by atoms with van der Waals surface area (Å²) >= 11 is 2.19. The van der Waals surface area contributed by atoms with Gasteiger partial charge in [-0.25, -0.2) is 9.97 Å². The first-order valence-electron chi connectivity index (χ1n) is 7.68. The minimum absolute atomic E-state index is 0.0136. The number of nitrogens with zero attached hydrogens (tertiary/aromatic N) is 4. The third-order valence-corrected chi connectivity index (χ3v) is 5.01. The van der Waals surface area contributed by atoms with Gasteiger partial charge in [0.15, 0.2) is 0 Å². The number of hydrogen-bond donors (Lipinski definition) is 1. The van der Waals surface area contributed by atoms with Crippen LogP contribution < -0.4 is 4.90 Å². The van der Waals surface area contributed by atoms with Crippen molar-refractivity contribution in [1.29, 1.82) is 0 Å². The van der Waals surface area contributed by atoms with Crippen LogP contribution in [0.1, 0.15) is 24.8 Å². The third-order valence-electron chi connectivity index (χ3n) is 4.15. The van der Waals surface area contributed by atoms with Gasteiger partial charge in [0, 0.05) is 31.7 Å². The van der Waals surface area contributed by atoms with Crippen molar-refractivity contribution in [1.82, 2.24) is 14.8 Å². The standard InChI is InChI=1S/C14H22BIN4O3/c1-10(8-11(21)23-3)12-13(16)17-9-18-14(12)19-4-6-20(7-5-19)15(2)22/h9-10,22H,4-8H2,1-3H3/t10-/m1/s1. The van der Waals surface area contributed by atoms with E-state index in [1.54, 1.807) is 13.2 Å². The molecule has 0 bridgehead atoms. The molecular weight excluding hydrogens is 410 g/mol. The van der Waals surface area contributed by atoms with Crippen molar-refractivity contribution in [2.24, 2.45) is 0 Å². The van der Waals surface area contributed by atoms with Crippen LogP contribution in [0.15, 0.2) is 6.33 Å². The van der Waals surface area contributed by atoms with Gasteiger partial charge >= 0.3 is 13.0 Å². The summed E-state index contributed by atoms with van der Waals surface area (Å²) in [5.74, 6) is 0.633. The summed E-state index contributed by atoms with van der Waals surface area (Å²) in [6.07, 6.45) is 1.87. The largest absolute Gasteiger partial charge is 0.469 e. The van der Waals surface area contributed by atoms with E-state index in [-0.39, 0.29) is 11.9 Å². The zero-order valence-corrected chi connectivity index (χ0v) is 15.9. The molecule has 7 nitrogen and oxygen atoms in total. The first-order valence-corrected chi connectivity index (χ1v) is 8.76. The number of anilines is 1. The smallest absolute Gasteiger partial charge is 0.376 e. The minimum atomic E-state index is -0.430. The molecule has 1 aliphatic rings. The number of carbonyl (C=O) groups is 1. The fourth-order valence-corrected chi connectivity index (χ4v) is 3.68. The van der Waals surface area contributed by atoms with Crippen LogP contribution in [0.2, 0.25) is 6.82 Å². The molecule has 1 aromatic heterocycles. The highest BCUT2D eigenvalue weighted by molar-refractivity contribution is 14.1. The molecule has 1 N–H and O–H groups in total. The lowest BCUT2D eigenvalue weighted by Gasteiger charge is -2.37. The lowest BCUT2D eigenvalue weighted by molar-refractivity contribution is -0.140. The predicted octanol–water partition coefficient (Wildman–Crippen LogP) is 0.980. The van der Waals surface area contributed by atoms with Crippen LogP contribution in [0.4, 0.5) is 5.82 Å². The highest BCUT2D eigenvalue weighted by atomic mass is 127. The third kappa shape index (κ3) is 4.54. The second-order valence-corrected chi connectivity index (χ2v) is 6.76. The normalized spacial score (nSPS) is 17.0. The van der Waals surface area contributed by atoms with Gasteiger partial charge in [0.25, 0.3) is 0 Å². The predicted molar refractivity (Wildman–Crippen MR) is 97.4 cm³/mol. The molecule has 0 unspecified atom stereocenters. The first kappa shape index (κ1) is 18.4. The van der Waals surface area contributed by atoms with E-state index in [0.29, 0.717) is 6.42 Å². The monoisotopic (exact) mass is 432 g/mol. The molecule has 0 aliphatic carbocycles. The number of methoxy groups -OCH3 is 1. The summed E-state index contributed by atoms with van der Waals surface area (Å²) in [6, 6.07) is 0. The van der Waals surface area contributed by atoms with Gasteiger partial charge in [0.05, 0.1) is 13.5 Å². The van der Waals surface area contributed by atoms with Crippen molar-refractivity contribution < 1.29 is 14.6 Å². The maximum Gasteiger partial charge on any atom is 0.376 e. The van der Waals surface area contributed by atoms with E-state index in [4.69, 9.17) is 4.74 Å².